The van der Waals surface area contributed by atoms with Crippen molar-refractivity contribution in [1.82, 2.24) is 24.8 Å². The van der Waals surface area contributed by atoms with Crippen molar-refractivity contribution in [3.63, 3.8) is 0 Å². The summed E-state index contributed by atoms with van der Waals surface area (Å²) in [5.74, 6) is 0.574. The highest BCUT2D eigenvalue weighted by atomic mass is 16.6. The fourth-order valence-corrected chi connectivity index (χ4v) is 3.63. The molecule has 0 unspecified atom stereocenters. The van der Waals surface area contributed by atoms with E-state index in [0.29, 0.717) is 18.8 Å². The summed E-state index contributed by atoms with van der Waals surface area (Å²) in [6.07, 6.45) is 8.50. The molecule has 7 nitrogen and oxygen atoms in total. The van der Waals surface area contributed by atoms with E-state index < -0.39 is 0 Å². The van der Waals surface area contributed by atoms with Gasteiger partial charge in [0.1, 0.15) is 5.75 Å². The number of hydrogen-bond donors (Lipinski definition) is 0. The number of aryl methyl sites for hydroxylation is 3. The Labute approximate surface area is 182 Å². The largest absolute Gasteiger partial charge is 0.415 e. The van der Waals surface area contributed by atoms with Crippen molar-refractivity contribution in [1.29, 1.82) is 0 Å². The van der Waals surface area contributed by atoms with Crippen LogP contribution in [-0.2, 0) is 19.4 Å². The van der Waals surface area contributed by atoms with Crippen molar-refractivity contribution in [2.75, 3.05) is 26.2 Å². The first-order chi connectivity index (χ1) is 15.2. The number of hydrogen-bond acceptors (Lipinski definition) is 6. The summed E-state index contributed by atoms with van der Waals surface area (Å²) >= 11 is 0. The molecule has 0 saturated carbocycles. The molecule has 3 aromatic rings. The molecule has 1 fully saturated rings. The van der Waals surface area contributed by atoms with E-state index >= 15 is 0 Å². The van der Waals surface area contributed by atoms with Crippen LogP contribution in [0.4, 0.5) is 4.79 Å². The molecule has 1 aliphatic heterocycles. The zero-order chi connectivity index (χ0) is 21.5. The number of amides is 1. The van der Waals surface area contributed by atoms with Gasteiger partial charge >= 0.3 is 6.09 Å². The van der Waals surface area contributed by atoms with Crippen LogP contribution in [0.1, 0.15) is 22.5 Å². The Morgan fingerprint density at radius 1 is 0.935 bits per heavy atom. The lowest BCUT2D eigenvalue weighted by Gasteiger charge is -2.33. The van der Waals surface area contributed by atoms with Gasteiger partial charge in [0.2, 0.25) is 0 Å². The number of pyridine rings is 1. The van der Waals surface area contributed by atoms with Crippen LogP contribution < -0.4 is 4.74 Å². The van der Waals surface area contributed by atoms with Gasteiger partial charge in [-0.3, -0.25) is 19.9 Å². The first-order valence-corrected chi connectivity index (χ1v) is 10.6. The Hall–Kier alpha value is -3.32. The van der Waals surface area contributed by atoms with Gasteiger partial charge < -0.3 is 9.64 Å². The molecule has 3 heterocycles. The molecular formula is C24H27N5O2. The number of ether oxygens (including phenoxy) is 1. The van der Waals surface area contributed by atoms with Crippen LogP contribution in [0.2, 0.25) is 0 Å². The molecule has 0 radical (unpaired) electrons. The highest BCUT2D eigenvalue weighted by Crippen LogP contribution is 2.16. The Balaban J connectivity index is 1.22. The fourth-order valence-electron chi connectivity index (χ4n) is 3.63. The van der Waals surface area contributed by atoms with Gasteiger partial charge in [-0.25, -0.2) is 4.79 Å². The van der Waals surface area contributed by atoms with Gasteiger partial charge in [-0.05, 0) is 55.2 Å². The lowest BCUT2D eigenvalue weighted by atomic mass is 10.1. The van der Waals surface area contributed by atoms with Gasteiger partial charge in [0.15, 0.2) is 0 Å². The van der Waals surface area contributed by atoms with Crippen LogP contribution >= 0.6 is 0 Å². The first kappa shape index (κ1) is 20.9. The Morgan fingerprint density at radius 2 is 1.71 bits per heavy atom. The minimum absolute atomic E-state index is 0.295. The van der Waals surface area contributed by atoms with E-state index in [2.05, 4.69) is 32.8 Å². The van der Waals surface area contributed by atoms with Crippen molar-refractivity contribution >= 4 is 6.09 Å². The molecule has 31 heavy (non-hydrogen) atoms. The highest BCUT2D eigenvalue weighted by molar-refractivity contribution is 5.70. The number of aromatic nitrogens is 3. The zero-order valence-corrected chi connectivity index (χ0v) is 17.8. The molecule has 4 rings (SSSR count). The van der Waals surface area contributed by atoms with Gasteiger partial charge in [-0.15, -0.1) is 0 Å². The van der Waals surface area contributed by atoms with E-state index in [9.17, 15) is 4.79 Å². The van der Waals surface area contributed by atoms with Crippen molar-refractivity contribution in [3.8, 4) is 5.75 Å². The number of carbonyl (C=O) groups excluding carboxylic acids is 1. The van der Waals surface area contributed by atoms with Crippen LogP contribution in [0, 0.1) is 6.92 Å². The molecule has 1 amide bonds. The number of carbonyl (C=O) groups is 1. The van der Waals surface area contributed by atoms with Gasteiger partial charge in [-0.2, -0.15) is 0 Å². The summed E-state index contributed by atoms with van der Waals surface area (Å²) in [4.78, 5) is 29.4. The number of benzene rings is 1. The van der Waals surface area contributed by atoms with Crippen LogP contribution in [0.15, 0.2) is 61.2 Å². The lowest BCUT2D eigenvalue weighted by molar-refractivity contribution is 0.107. The monoisotopic (exact) mass is 417 g/mol. The van der Waals surface area contributed by atoms with E-state index in [-0.39, 0.29) is 6.09 Å². The maximum absolute atomic E-state index is 12.5. The topological polar surface area (TPSA) is 71.5 Å². The molecule has 1 aliphatic rings. The van der Waals surface area contributed by atoms with E-state index in [1.54, 1.807) is 23.5 Å². The summed E-state index contributed by atoms with van der Waals surface area (Å²) in [7, 11) is 0. The van der Waals surface area contributed by atoms with E-state index in [1.807, 2.05) is 36.5 Å². The van der Waals surface area contributed by atoms with Crippen LogP contribution in [0.25, 0.3) is 0 Å². The molecule has 0 spiro atoms. The third kappa shape index (κ3) is 6.08. The zero-order valence-electron chi connectivity index (χ0n) is 17.8. The second kappa shape index (κ2) is 10.1. The second-order valence-electron chi connectivity index (χ2n) is 7.80. The van der Waals surface area contributed by atoms with Gasteiger partial charge in [0, 0.05) is 63.2 Å². The van der Waals surface area contributed by atoms with E-state index in [1.165, 1.54) is 11.1 Å². The quantitative estimate of drug-likeness (QED) is 0.613. The summed E-state index contributed by atoms with van der Waals surface area (Å²) < 4.78 is 5.57. The van der Waals surface area contributed by atoms with Crippen LogP contribution in [0.5, 0.6) is 5.75 Å². The molecule has 0 N–H and O–H groups in total. The maximum atomic E-state index is 12.5. The summed E-state index contributed by atoms with van der Waals surface area (Å²) in [6, 6.07) is 11.9. The number of piperazine rings is 1. The molecule has 1 saturated heterocycles. The summed E-state index contributed by atoms with van der Waals surface area (Å²) in [5.41, 5.74) is 4.45. The molecule has 160 valence electrons. The third-order valence-corrected chi connectivity index (χ3v) is 5.40. The molecule has 0 aliphatic carbocycles. The van der Waals surface area contributed by atoms with Crippen LogP contribution in [-0.4, -0.2) is 57.0 Å². The molecule has 0 bridgehead atoms. The Bertz CT molecular complexity index is 986. The first-order valence-electron chi connectivity index (χ1n) is 10.6. The average molecular weight is 418 g/mol. The number of rotatable bonds is 6. The van der Waals surface area contributed by atoms with Crippen molar-refractivity contribution in [3.05, 3.63) is 83.7 Å². The lowest BCUT2D eigenvalue weighted by Crippen LogP contribution is -2.49. The molecule has 2 aromatic heterocycles. The second-order valence-corrected chi connectivity index (χ2v) is 7.80. The molecule has 0 atom stereocenters. The van der Waals surface area contributed by atoms with Crippen molar-refractivity contribution in [2.45, 2.75) is 26.3 Å². The Kier molecular flexibility index (Phi) is 6.84. The van der Waals surface area contributed by atoms with Crippen LogP contribution in [0.3, 0.4) is 0 Å². The smallest absolute Gasteiger partial charge is 0.410 e. The van der Waals surface area contributed by atoms with Gasteiger partial charge in [0.05, 0.1) is 5.69 Å². The summed E-state index contributed by atoms with van der Waals surface area (Å²) in [6.45, 7) is 5.68. The van der Waals surface area contributed by atoms with E-state index in [4.69, 9.17) is 4.74 Å². The number of nitrogens with zero attached hydrogens (tertiary/aromatic N) is 5. The molecule has 7 heteroatoms. The maximum Gasteiger partial charge on any atom is 0.415 e. The standard InChI is InChI=1S/C24H27N5O2/c1-19-8-9-26-21(16-19)5-2-20-3-6-23(7-4-20)31-24(30)29-14-12-28(13-15-29)18-22-17-25-10-11-27-22/h3-4,6-11,16-17H,2,5,12-15,18H2,1H3. The molecule has 1 aromatic carbocycles. The summed E-state index contributed by atoms with van der Waals surface area (Å²) in [5, 5.41) is 0. The Morgan fingerprint density at radius 3 is 2.42 bits per heavy atom. The average Bonchev–Trinajstić information content (AvgIpc) is 2.80. The fraction of sp³-hybridized carbons (Fsp3) is 0.333. The normalized spacial score (nSPS) is 14.4. The highest BCUT2D eigenvalue weighted by Gasteiger charge is 2.22. The predicted molar refractivity (Wildman–Crippen MR) is 118 cm³/mol. The predicted octanol–water partition coefficient (Wildman–Crippen LogP) is 3.28. The molecular weight excluding hydrogens is 390 g/mol. The SMILES string of the molecule is Cc1ccnc(CCc2ccc(OC(=O)N3CCN(Cc4cnccn4)CC3)cc2)c1. The van der Waals surface area contributed by atoms with E-state index in [0.717, 1.165) is 43.9 Å². The van der Waals surface area contributed by atoms with Gasteiger partial charge in [-0.1, -0.05) is 12.1 Å². The van der Waals surface area contributed by atoms with Gasteiger partial charge in [0.25, 0.3) is 0 Å². The minimum atomic E-state index is -0.295. The van der Waals surface area contributed by atoms with Crippen molar-refractivity contribution < 1.29 is 9.53 Å². The third-order valence-electron chi connectivity index (χ3n) is 5.40. The minimum Gasteiger partial charge on any atom is -0.410 e. The van der Waals surface area contributed by atoms with Crippen molar-refractivity contribution in [2.24, 2.45) is 0 Å².